The van der Waals surface area contributed by atoms with Gasteiger partial charge in [-0.15, -0.1) is 24.0 Å². The Bertz CT molecular complexity index is 684. The van der Waals surface area contributed by atoms with Crippen LogP contribution < -0.4 is 16.0 Å². The highest BCUT2D eigenvalue weighted by Gasteiger charge is 2.24. The number of alkyl carbamates (subject to hydrolysis) is 1. The molecule has 0 aliphatic carbocycles. The van der Waals surface area contributed by atoms with E-state index in [4.69, 9.17) is 9.73 Å². The van der Waals surface area contributed by atoms with E-state index in [0.717, 1.165) is 13.1 Å². The Morgan fingerprint density at radius 2 is 1.67 bits per heavy atom. The number of hydrogen-bond donors (Lipinski definition) is 3. The smallest absolute Gasteiger partial charge is 0.408 e. The van der Waals surface area contributed by atoms with Gasteiger partial charge in [0.05, 0.1) is 12.1 Å². The summed E-state index contributed by atoms with van der Waals surface area (Å²) in [5, 5.41) is 9.48. The minimum Gasteiger partial charge on any atom is -0.444 e. The van der Waals surface area contributed by atoms with Crippen LogP contribution in [0.5, 0.6) is 0 Å². The summed E-state index contributed by atoms with van der Waals surface area (Å²) in [6, 6.07) is 8.34. The van der Waals surface area contributed by atoms with Crippen molar-refractivity contribution in [1.29, 1.82) is 0 Å². The number of nitrogens with zero attached hydrogens (tertiary/aromatic N) is 2. The van der Waals surface area contributed by atoms with Crippen LogP contribution >= 0.6 is 24.0 Å². The minimum absolute atomic E-state index is 0. The van der Waals surface area contributed by atoms with Crippen molar-refractivity contribution in [2.24, 2.45) is 4.99 Å². The number of amides is 1. The van der Waals surface area contributed by atoms with Crippen molar-refractivity contribution in [3.05, 3.63) is 35.4 Å². The van der Waals surface area contributed by atoms with Crippen molar-refractivity contribution >= 4 is 36.0 Å². The van der Waals surface area contributed by atoms with E-state index >= 15 is 0 Å². The predicted octanol–water partition coefficient (Wildman–Crippen LogP) is 3.72. The molecule has 0 fully saturated rings. The summed E-state index contributed by atoms with van der Waals surface area (Å²) >= 11 is 0. The number of carbonyl (C=O) groups excluding carboxylic acids is 1. The number of nitrogens with one attached hydrogen (secondary N) is 3. The molecule has 1 amide bonds. The number of ether oxygens (including phenoxy) is 1. The zero-order valence-electron chi connectivity index (χ0n) is 19.8. The van der Waals surface area contributed by atoms with E-state index in [0.29, 0.717) is 19.0 Å². The molecule has 0 aliphatic rings. The summed E-state index contributed by atoms with van der Waals surface area (Å²) in [6.07, 6.45) is -0.427. The standard InChI is InChI=1S/C22H39N5O2.HI/c1-9-23-19(24-14-17-12-10-11-13-18(17)15-27(7)8)25-16-22(5,6)26-20(28)29-21(2,3)4;/h10-13H,9,14-16H2,1-8H3,(H,26,28)(H2,23,24,25);1H. The van der Waals surface area contributed by atoms with Crippen molar-refractivity contribution < 1.29 is 9.53 Å². The summed E-state index contributed by atoms with van der Waals surface area (Å²) in [7, 11) is 4.12. The Labute approximate surface area is 199 Å². The molecule has 0 saturated carbocycles. The van der Waals surface area contributed by atoms with Gasteiger partial charge in [-0.3, -0.25) is 0 Å². The highest BCUT2D eigenvalue weighted by atomic mass is 127. The first-order valence-electron chi connectivity index (χ1n) is 10.2. The van der Waals surface area contributed by atoms with Crippen LogP contribution in [-0.4, -0.2) is 55.3 Å². The summed E-state index contributed by atoms with van der Waals surface area (Å²) in [6.45, 7) is 14.2. The van der Waals surface area contributed by atoms with Crippen LogP contribution in [0.3, 0.4) is 0 Å². The summed E-state index contributed by atoms with van der Waals surface area (Å²) in [5.74, 6) is 0.714. The molecule has 0 spiro atoms. The average Bonchev–Trinajstić information content (AvgIpc) is 2.55. The zero-order chi connectivity index (χ0) is 22.1. The van der Waals surface area contributed by atoms with Crippen molar-refractivity contribution in [3.8, 4) is 0 Å². The fourth-order valence-corrected chi connectivity index (χ4v) is 2.64. The highest BCUT2D eigenvalue weighted by molar-refractivity contribution is 14.0. The van der Waals surface area contributed by atoms with Gasteiger partial charge in [0.25, 0.3) is 0 Å². The second-order valence-corrected chi connectivity index (χ2v) is 9.07. The lowest BCUT2D eigenvalue weighted by Crippen LogP contribution is -2.54. The van der Waals surface area contributed by atoms with E-state index in [1.165, 1.54) is 11.1 Å². The fourth-order valence-electron chi connectivity index (χ4n) is 2.64. The Balaban J connectivity index is 0.00000841. The van der Waals surface area contributed by atoms with E-state index in [2.05, 4.69) is 53.1 Å². The van der Waals surface area contributed by atoms with Crippen molar-refractivity contribution in [2.75, 3.05) is 27.2 Å². The van der Waals surface area contributed by atoms with Gasteiger partial charge in [-0.05, 0) is 66.8 Å². The quantitative estimate of drug-likeness (QED) is 0.270. The number of hydrogen-bond acceptors (Lipinski definition) is 4. The lowest BCUT2D eigenvalue weighted by Gasteiger charge is -2.29. The van der Waals surface area contributed by atoms with E-state index in [1.807, 2.05) is 47.6 Å². The van der Waals surface area contributed by atoms with Crippen LogP contribution in [0, 0.1) is 0 Å². The molecule has 0 heterocycles. The fraction of sp³-hybridized carbons (Fsp3) is 0.636. The van der Waals surface area contributed by atoms with E-state index in [1.54, 1.807) is 0 Å². The molecule has 0 radical (unpaired) electrons. The van der Waals surface area contributed by atoms with E-state index in [-0.39, 0.29) is 24.0 Å². The van der Waals surface area contributed by atoms with Crippen LogP contribution in [-0.2, 0) is 17.8 Å². The number of rotatable bonds is 8. The maximum atomic E-state index is 12.1. The van der Waals surface area contributed by atoms with Crippen molar-refractivity contribution in [3.63, 3.8) is 0 Å². The van der Waals surface area contributed by atoms with Crippen LogP contribution in [0.4, 0.5) is 4.79 Å². The normalized spacial score (nSPS) is 12.2. The number of aliphatic imine (C=N–C) groups is 1. The van der Waals surface area contributed by atoms with Gasteiger partial charge in [0.15, 0.2) is 5.96 Å². The van der Waals surface area contributed by atoms with Gasteiger partial charge in [0.2, 0.25) is 0 Å². The molecule has 0 aliphatic heterocycles. The van der Waals surface area contributed by atoms with Crippen LogP contribution in [0.2, 0.25) is 0 Å². The molecule has 0 unspecified atom stereocenters. The molecule has 30 heavy (non-hydrogen) atoms. The van der Waals surface area contributed by atoms with E-state index < -0.39 is 17.2 Å². The molecule has 3 N–H and O–H groups in total. The molecule has 0 atom stereocenters. The number of carbonyl (C=O) groups is 1. The summed E-state index contributed by atoms with van der Waals surface area (Å²) in [5.41, 5.74) is 1.44. The first kappa shape index (κ1) is 28.5. The lowest BCUT2D eigenvalue weighted by molar-refractivity contribution is 0.0474. The van der Waals surface area contributed by atoms with Gasteiger partial charge in [-0.25, -0.2) is 9.79 Å². The third-order valence-electron chi connectivity index (χ3n) is 3.89. The van der Waals surface area contributed by atoms with Crippen LogP contribution in [0.15, 0.2) is 29.3 Å². The molecule has 1 aromatic carbocycles. The summed E-state index contributed by atoms with van der Waals surface area (Å²) < 4.78 is 5.35. The Morgan fingerprint density at radius 1 is 1.07 bits per heavy atom. The zero-order valence-corrected chi connectivity index (χ0v) is 22.1. The molecule has 1 rings (SSSR count). The monoisotopic (exact) mass is 533 g/mol. The number of benzene rings is 1. The minimum atomic E-state index is -0.524. The third-order valence-corrected chi connectivity index (χ3v) is 3.89. The molecule has 7 nitrogen and oxygen atoms in total. The molecule has 172 valence electrons. The number of guanidine groups is 1. The van der Waals surface area contributed by atoms with Gasteiger partial charge >= 0.3 is 6.09 Å². The first-order chi connectivity index (χ1) is 13.4. The SMILES string of the molecule is CCNC(=NCc1ccccc1CN(C)C)NCC(C)(C)NC(=O)OC(C)(C)C.I. The Morgan fingerprint density at radius 3 is 2.20 bits per heavy atom. The van der Waals surface area contributed by atoms with Gasteiger partial charge in [0.1, 0.15) is 5.60 Å². The van der Waals surface area contributed by atoms with Crippen LogP contribution in [0.1, 0.15) is 52.7 Å². The van der Waals surface area contributed by atoms with Gasteiger partial charge in [-0.1, -0.05) is 24.3 Å². The predicted molar refractivity (Wildman–Crippen MR) is 136 cm³/mol. The van der Waals surface area contributed by atoms with Gasteiger partial charge in [-0.2, -0.15) is 0 Å². The van der Waals surface area contributed by atoms with Crippen molar-refractivity contribution in [2.45, 2.75) is 65.8 Å². The second kappa shape index (κ2) is 13.0. The highest BCUT2D eigenvalue weighted by Crippen LogP contribution is 2.12. The van der Waals surface area contributed by atoms with Crippen LogP contribution in [0.25, 0.3) is 0 Å². The first-order valence-corrected chi connectivity index (χ1v) is 10.2. The largest absolute Gasteiger partial charge is 0.444 e. The molecule has 1 aromatic rings. The van der Waals surface area contributed by atoms with Crippen molar-refractivity contribution in [1.82, 2.24) is 20.9 Å². The molecule has 0 aromatic heterocycles. The van der Waals surface area contributed by atoms with Gasteiger partial charge in [0, 0.05) is 19.6 Å². The second-order valence-electron chi connectivity index (χ2n) is 9.07. The Hall–Kier alpha value is -1.55. The molecule has 8 heteroatoms. The summed E-state index contributed by atoms with van der Waals surface area (Å²) in [4.78, 5) is 18.9. The Kier molecular flexibility index (Phi) is 12.3. The molecule has 0 saturated heterocycles. The molecule has 0 bridgehead atoms. The topological polar surface area (TPSA) is 78.0 Å². The maximum Gasteiger partial charge on any atom is 0.408 e. The molecular formula is C22H40IN5O2. The maximum absolute atomic E-state index is 12.1. The molecular weight excluding hydrogens is 493 g/mol. The third kappa shape index (κ3) is 12.2. The lowest BCUT2D eigenvalue weighted by atomic mass is 10.1. The van der Waals surface area contributed by atoms with E-state index in [9.17, 15) is 4.79 Å². The average molecular weight is 533 g/mol. The number of halogens is 1. The van der Waals surface area contributed by atoms with Gasteiger partial charge < -0.3 is 25.6 Å².